The SMILES string of the molecule is CCOC(=O)c1[nH]nc(C(=O)C(C)C(C)OC(C)=O)c1-c1cccc(Br)c1. The van der Waals surface area contributed by atoms with Gasteiger partial charge in [0.2, 0.25) is 0 Å². The molecule has 1 aromatic carbocycles. The molecule has 0 spiro atoms. The first kappa shape index (κ1) is 20.8. The van der Waals surface area contributed by atoms with Crippen molar-refractivity contribution in [1.82, 2.24) is 10.2 Å². The van der Waals surface area contributed by atoms with E-state index in [1.165, 1.54) is 6.92 Å². The van der Waals surface area contributed by atoms with Crippen LogP contribution >= 0.6 is 15.9 Å². The molecule has 8 heteroatoms. The van der Waals surface area contributed by atoms with E-state index in [1.54, 1.807) is 39.0 Å². The van der Waals surface area contributed by atoms with E-state index >= 15 is 0 Å². The largest absolute Gasteiger partial charge is 0.462 e. The van der Waals surface area contributed by atoms with Crippen LogP contribution in [0.2, 0.25) is 0 Å². The van der Waals surface area contributed by atoms with Crippen LogP contribution in [-0.4, -0.2) is 40.6 Å². The second-order valence-corrected chi connectivity index (χ2v) is 6.94. The van der Waals surface area contributed by atoms with E-state index in [4.69, 9.17) is 9.47 Å². The molecule has 144 valence electrons. The van der Waals surface area contributed by atoms with Crippen molar-refractivity contribution < 1.29 is 23.9 Å². The highest BCUT2D eigenvalue weighted by molar-refractivity contribution is 9.10. The Morgan fingerprint density at radius 1 is 1.26 bits per heavy atom. The van der Waals surface area contributed by atoms with Gasteiger partial charge in [-0.25, -0.2) is 4.79 Å². The number of H-pyrrole nitrogens is 1. The fraction of sp³-hybridized carbons (Fsp3) is 0.368. The second kappa shape index (κ2) is 8.94. The summed E-state index contributed by atoms with van der Waals surface area (Å²) in [5.41, 5.74) is 1.20. The Balaban J connectivity index is 2.52. The lowest BCUT2D eigenvalue weighted by Crippen LogP contribution is -2.28. The summed E-state index contributed by atoms with van der Waals surface area (Å²) in [5, 5.41) is 6.70. The van der Waals surface area contributed by atoms with Crippen molar-refractivity contribution in [3.63, 3.8) is 0 Å². The zero-order chi connectivity index (χ0) is 20.1. The number of hydrogen-bond acceptors (Lipinski definition) is 6. The van der Waals surface area contributed by atoms with Gasteiger partial charge in [0.1, 0.15) is 11.8 Å². The molecule has 0 aliphatic rings. The van der Waals surface area contributed by atoms with Gasteiger partial charge in [0, 0.05) is 17.0 Å². The zero-order valence-electron chi connectivity index (χ0n) is 15.5. The van der Waals surface area contributed by atoms with Gasteiger partial charge in [0.05, 0.1) is 12.5 Å². The first-order valence-electron chi connectivity index (χ1n) is 8.49. The standard InChI is InChI=1S/C19H21BrN2O5/c1-5-26-19(25)17-15(13-7-6-8-14(20)9-13)16(21-22-17)18(24)10(2)11(3)27-12(4)23/h6-11H,5H2,1-4H3,(H,21,22). The van der Waals surface area contributed by atoms with Gasteiger partial charge in [0.25, 0.3) is 0 Å². The molecule has 0 bridgehead atoms. The van der Waals surface area contributed by atoms with Crippen molar-refractivity contribution in [3.05, 3.63) is 40.1 Å². The highest BCUT2D eigenvalue weighted by Crippen LogP contribution is 2.31. The Morgan fingerprint density at radius 2 is 1.96 bits per heavy atom. The topological polar surface area (TPSA) is 98.4 Å². The molecule has 27 heavy (non-hydrogen) atoms. The Morgan fingerprint density at radius 3 is 2.56 bits per heavy atom. The molecule has 0 fully saturated rings. The molecule has 0 amide bonds. The number of nitrogens with one attached hydrogen (secondary N) is 1. The van der Waals surface area contributed by atoms with Crippen LogP contribution in [0.25, 0.3) is 11.1 Å². The fourth-order valence-electron chi connectivity index (χ4n) is 2.59. The molecule has 2 atom stereocenters. The van der Waals surface area contributed by atoms with Gasteiger partial charge in [-0.15, -0.1) is 0 Å². The molecule has 0 saturated heterocycles. The molecular weight excluding hydrogens is 416 g/mol. The van der Waals surface area contributed by atoms with Gasteiger partial charge in [-0.1, -0.05) is 35.0 Å². The number of carbonyl (C=O) groups excluding carboxylic acids is 3. The van der Waals surface area contributed by atoms with Crippen LogP contribution < -0.4 is 0 Å². The van der Waals surface area contributed by atoms with Crippen molar-refractivity contribution in [2.75, 3.05) is 6.61 Å². The lowest BCUT2D eigenvalue weighted by Gasteiger charge is -2.18. The first-order valence-corrected chi connectivity index (χ1v) is 9.28. The van der Waals surface area contributed by atoms with Crippen molar-refractivity contribution >= 4 is 33.7 Å². The maximum absolute atomic E-state index is 13.0. The number of aromatic amines is 1. The van der Waals surface area contributed by atoms with Gasteiger partial charge in [0.15, 0.2) is 11.5 Å². The van der Waals surface area contributed by atoms with Crippen LogP contribution in [0.3, 0.4) is 0 Å². The Hall–Kier alpha value is -2.48. The van der Waals surface area contributed by atoms with Crippen LogP contribution in [0.15, 0.2) is 28.7 Å². The quantitative estimate of drug-likeness (QED) is 0.523. The summed E-state index contributed by atoms with van der Waals surface area (Å²) in [6.07, 6.45) is -0.631. The highest BCUT2D eigenvalue weighted by Gasteiger charge is 2.31. The van der Waals surface area contributed by atoms with Crippen LogP contribution in [-0.2, 0) is 14.3 Å². The molecule has 7 nitrogen and oxygen atoms in total. The summed E-state index contributed by atoms with van der Waals surface area (Å²) in [5.74, 6) is -2.05. The van der Waals surface area contributed by atoms with E-state index in [9.17, 15) is 14.4 Å². The number of carbonyl (C=O) groups is 3. The third-order valence-electron chi connectivity index (χ3n) is 4.06. The van der Waals surface area contributed by atoms with Gasteiger partial charge in [-0.3, -0.25) is 14.7 Å². The Bertz CT molecular complexity index is 862. The summed E-state index contributed by atoms with van der Waals surface area (Å²) in [7, 11) is 0. The summed E-state index contributed by atoms with van der Waals surface area (Å²) in [6.45, 7) is 6.47. The van der Waals surface area contributed by atoms with E-state index < -0.39 is 24.0 Å². The number of hydrogen-bond donors (Lipinski definition) is 1. The maximum Gasteiger partial charge on any atom is 0.357 e. The van der Waals surface area contributed by atoms with E-state index in [1.807, 2.05) is 6.07 Å². The maximum atomic E-state index is 13.0. The average Bonchev–Trinajstić information content (AvgIpc) is 3.05. The smallest absolute Gasteiger partial charge is 0.357 e. The van der Waals surface area contributed by atoms with Crippen molar-refractivity contribution in [3.8, 4) is 11.1 Å². The Labute approximate surface area is 165 Å². The van der Waals surface area contributed by atoms with Gasteiger partial charge in [-0.2, -0.15) is 5.10 Å². The Kier molecular flexibility index (Phi) is 6.90. The van der Waals surface area contributed by atoms with E-state index in [0.717, 1.165) is 4.47 Å². The number of Topliss-reactive ketones (excluding diaryl/α,β-unsaturated/α-hetero) is 1. The van der Waals surface area contributed by atoms with Crippen LogP contribution in [0.5, 0.6) is 0 Å². The fourth-order valence-corrected chi connectivity index (χ4v) is 2.99. The average molecular weight is 437 g/mol. The van der Waals surface area contributed by atoms with Crippen LogP contribution in [0, 0.1) is 5.92 Å². The van der Waals surface area contributed by atoms with E-state index in [2.05, 4.69) is 26.1 Å². The summed E-state index contributed by atoms with van der Waals surface area (Å²) in [4.78, 5) is 36.5. The van der Waals surface area contributed by atoms with E-state index in [0.29, 0.717) is 11.1 Å². The lowest BCUT2D eigenvalue weighted by molar-refractivity contribution is -0.146. The number of ether oxygens (including phenoxy) is 2. The third kappa shape index (κ3) is 4.82. The monoisotopic (exact) mass is 436 g/mol. The van der Waals surface area contributed by atoms with Crippen molar-refractivity contribution in [1.29, 1.82) is 0 Å². The first-order chi connectivity index (χ1) is 12.8. The second-order valence-electron chi connectivity index (χ2n) is 6.02. The van der Waals surface area contributed by atoms with Crippen molar-refractivity contribution in [2.24, 2.45) is 5.92 Å². The highest BCUT2D eigenvalue weighted by atomic mass is 79.9. The van der Waals surface area contributed by atoms with E-state index in [-0.39, 0.29) is 23.8 Å². The van der Waals surface area contributed by atoms with Gasteiger partial charge < -0.3 is 9.47 Å². The van der Waals surface area contributed by atoms with Crippen LogP contribution in [0.4, 0.5) is 0 Å². The number of rotatable bonds is 7. The lowest BCUT2D eigenvalue weighted by atomic mass is 9.93. The molecule has 0 aliphatic carbocycles. The van der Waals surface area contributed by atoms with Gasteiger partial charge in [-0.05, 0) is 31.5 Å². The predicted molar refractivity (Wildman–Crippen MR) is 102 cm³/mol. The number of nitrogens with zero attached hydrogens (tertiary/aromatic N) is 1. The number of esters is 2. The molecule has 0 aliphatic heterocycles. The minimum absolute atomic E-state index is 0.0997. The molecule has 1 heterocycles. The number of ketones is 1. The molecule has 2 unspecified atom stereocenters. The number of aromatic nitrogens is 2. The molecule has 2 aromatic rings. The van der Waals surface area contributed by atoms with Gasteiger partial charge >= 0.3 is 11.9 Å². The molecule has 1 aromatic heterocycles. The minimum atomic E-state index is -0.641. The normalized spacial score (nSPS) is 12.9. The molecule has 0 saturated carbocycles. The summed E-state index contributed by atoms with van der Waals surface area (Å²) >= 11 is 3.39. The minimum Gasteiger partial charge on any atom is -0.462 e. The zero-order valence-corrected chi connectivity index (χ0v) is 17.1. The third-order valence-corrected chi connectivity index (χ3v) is 4.56. The predicted octanol–water partition coefficient (Wildman–Crippen LogP) is 3.79. The summed E-state index contributed by atoms with van der Waals surface area (Å²) < 4.78 is 11.0. The number of benzene rings is 1. The molecule has 2 rings (SSSR count). The molecule has 1 N–H and O–H groups in total. The molecule has 0 radical (unpaired) electrons. The van der Waals surface area contributed by atoms with Crippen molar-refractivity contribution in [2.45, 2.75) is 33.8 Å². The number of halogens is 1. The molecular formula is C19H21BrN2O5. The van der Waals surface area contributed by atoms with Crippen LogP contribution in [0.1, 0.15) is 48.7 Å². The summed E-state index contributed by atoms with van der Waals surface area (Å²) in [6, 6.07) is 7.18.